The van der Waals surface area contributed by atoms with Crippen molar-refractivity contribution in [3.63, 3.8) is 0 Å². The fourth-order valence-corrected chi connectivity index (χ4v) is 2.50. The third-order valence-electron chi connectivity index (χ3n) is 3.93. The summed E-state index contributed by atoms with van der Waals surface area (Å²) >= 11 is 0. The van der Waals surface area contributed by atoms with Gasteiger partial charge in [-0.2, -0.15) is 5.10 Å². The molecule has 0 bridgehead atoms. The van der Waals surface area contributed by atoms with Gasteiger partial charge in [-0.05, 0) is 35.4 Å². The molecule has 0 fully saturated rings. The number of amides is 1. The van der Waals surface area contributed by atoms with Crippen LogP contribution in [0.3, 0.4) is 0 Å². The molecule has 0 unspecified atom stereocenters. The van der Waals surface area contributed by atoms with E-state index in [1.165, 1.54) is 18.3 Å². The van der Waals surface area contributed by atoms with Gasteiger partial charge in [-0.3, -0.25) is 14.9 Å². The molecule has 0 saturated carbocycles. The number of phenolic OH excluding ortho intramolecular Hbond substituents is 1. The largest absolute Gasteiger partial charge is 0.502 e. The van der Waals surface area contributed by atoms with Crippen LogP contribution in [-0.4, -0.2) is 28.8 Å². The van der Waals surface area contributed by atoms with Gasteiger partial charge in [-0.15, -0.1) is 0 Å². The highest BCUT2D eigenvalue weighted by Crippen LogP contribution is 2.25. The van der Waals surface area contributed by atoms with Crippen LogP contribution in [0.15, 0.2) is 77.9 Å². The third kappa shape index (κ3) is 5.39. The molecule has 0 radical (unpaired) electrons. The van der Waals surface area contributed by atoms with E-state index in [9.17, 15) is 20.0 Å². The number of phenols is 1. The summed E-state index contributed by atoms with van der Waals surface area (Å²) in [5.41, 5.74) is 4.31. The molecule has 0 heterocycles. The summed E-state index contributed by atoms with van der Waals surface area (Å²) in [4.78, 5) is 21.9. The lowest BCUT2D eigenvalue weighted by Crippen LogP contribution is -2.24. The lowest BCUT2D eigenvalue weighted by Gasteiger charge is -2.06. The van der Waals surface area contributed by atoms with E-state index in [0.29, 0.717) is 11.3 Å². The van der Waals surface area contributed by atoms with Crippen molar-refractivity contribution in [3.8, 4) is 22.6 Å². The van der Waals surface area contributed by atoms with Gasteiger partial charge < -0.3 is 9.84 Å². The first-order valence-electron chi connectivity index (χ1n) is 8.60. The van der Waals surface area contributed by atoms with E-state index in [-0.39, 0.29) is 6.61 Å². The molecule has 3 aromatic carbocycles. The van der Waals surface area contributed by atoms with Crippen LogP contribution >= 0.6 is 0 Å². The summed E-state index contributed by atoms with van der Waals surface area (Å²) in [7, 11) is 0. The summed E-state index contributed by atoms with van der Waals surface area (Å²) in [6.07, 6.45) is 1.24. The maximum Gasteiger partial charge on any atom is 0.311 e. The topological polar surface area (TPSA) is 114 Å². The average molecular weight is 391 g/mol. The van der Waals surface area contributed by atoms with E-state index in [1.54, 1.807) is 12.1 Å². The van der Waals surface area contributed by atoms with Crippen LogP contribution in [0.4, 0.5) is 5.69 Å². The Labute approximate surface area is 166 Å². The Morgan fingerprint density at radius 1 is 1.07 bits per heavy atom. The number of nitrogens with zero attached hydrogens (tertiary/aromatic N) is 2. The number of hydrazone groups is 1. The summed E-state index contributed by atoms with van der Waals surface area (Å²) in [6, 6.07) is 21.0. The van der Waals surface area contributed by atoms with Crippen molar-refractivity contribution in [2.24, 2.45) is 5.10 Å². The van der Waals surface area contributed by atoms with Crippen LogP contribution in [0.1, 0.15) is 5.56 Å². The molecular weight excluding hydrogens is 374 g/mol. The maximum absolute atomic E-state index is 11.8. The smallest absolute Gasteiger partial charge is 0.311 e. The highest BCUT2D eigenvalue weighted by molar-refractivity contribution is 5.84. The Morgan fingerprint density at radius 2 is 1.76 bits per heavy atom. The molecule has 146 valence electrons. The van der Waals surface area contributed by atoms with Gasteiger partial charge in [0.1, 0.15) is 5.75 Å². The van der Waals surface area contributed by atoms with Crippen LogP contribution in [0.2, 0.25) is 0 Å². The van der Waals surface area contributed by atoms with Crippen molar-refractivity contribution in [1.82, 2.24) is 5.43 Å². The highest BCUT2D eigenvalue weighted by atomic mass is 16.6. The summed E-state index contributed by atoms with van der Waals surface area (Å²) < 4.78 is 5.42. The third-order valence-corrected chi connectivity index (χ3v) is 3.93. The Hall–Kier alpha value is -4.20. The molecule has 3 rings (SSSR count). The van der Waals surface area contributed by atoms with E-state index in [0.717, 1.165) is 17.2 Å². The van der Waals surface area contributed by atoms with Crippen molar-refractivity contribution in [3.05, 3.63) is 88.5 Å². The molecular formula is C21H17N3O5. The molecule has 8 heteroatoms. The van der Waals surface area contributed by atoms with Crippen molar-refractivity contribution >= 4 is 17.8 Å². The van der Waals surface area contributed by atoms with E-state index < -0.39 is 22.3 Å². The lowest BCUT2D eigenvalue weighted by atomic mass is 10.1. The first-order chi connectivity index (χ1) is 14.0. The van der Waals surface area contributed by atoms with Crippen molar-refractivity contribution < 1.29 is 19.6 Å². The van der Waals surface area contributed by atoms with Crippen LogP contribution in [0.5, 0.6) is 11.5 Å². The number of benzene rings is 3. The number of nitro benzene ring substituents is 1. The molecule has 0 aliphatic rings. The second-order valence-electron chi connectivity index (χ2n) is 5.98. The fourth-order valence-electron chi connectivity index (χ4n) is 2.50. The summed E-state index contributed by atoms with van der Waals surface area (Å²) in [6.45, 7) is -0.238. The molecule has 0 atom stereocenters. The number of aromatic hydroxyl groups is 1. The average Bonchev–Trinajstić information content (AvgIpc) is 2.74. The monoisotopic (exact) mass is 391 g/mol. The molecule has 3 aromatic rings. The lowest BCUT2D eigenvalue weighted by molar-refractivity contribution is -0.385. The zero-order chi connectivity index (χ0) is 20.6. The quantitative estimate of drug-likeness (QED) is 0.363. The minimum absolute atomic E-state index is 0.238. The van der Waals surface area contributed by atoms with Gasteiger partial charge in [0.15, 0.2) is 12.4 Å². The van der Waals surface area contributed by atoms with Crippen LogP contribution in [0, 0.1) is 10.1 Å². The number of rotatable bonds is 7. The van der Waals surface area contributed by atoms with Gasteiger partial charge in [0, 0.05) is 11.6 Å². The maximum atomic E-state index is 11.8. The SMILES string of the molecule is O=C(COc1ccc(-c2ccccc2)cc1)NN=Cc1ccc(O)c([N+](=O)[O-])c1. The molecule has 0 aliphatic heterocycles. The van der Waals surface area contributed by atoms with E-state index in [1.807, 2.05) is 42.5 Å². The Kier molecular flexibility index (Phi) is 6.16. The Bertz CT molecular complexity index is 1030. The summed E-state index contributed by atoms with van der Waals surface area (Å²) in [5, 5.41) is 23.9. The van der Waals surface area contributed by atoms with Crippen molar-refractivity contribution in [2.75, 3.05) is 6.61 Å². The zero-order valence-corrected chi connectivity index (χ0v) is 15.2. The Balaban J connectivity index is 1.51. The molecule has 0 aromatic heterocycles. The second kappa shape index (κ2) is 9.14. The van der Waals surface area contributed by atoms with Gasteiger partial charge >= 0.3 is 5.69 Å². The second-order valence-corrected chi connectivity index (χ2v) is 5.98. The van der Waals surface area contributed by atoms with Gasteiger partial charge in [-0.25, -0.2) is 5.43 Å². The molecule has 2 N–H and O–H groups in total. The molecule has 29 heavy (non-hydrogen) atoms. The van der Waals surface area contributed by atoms with E-state index >= 15 is 0 Å². The zero-order valence-electron chi connectivity index (χ0n) is 15.2. The molecule has 8 nitrogen and oxygen atoms in total. The van der Waals surface area contributed by atoms with E-state index in [2.05, 4.69) is 10.5 Å². The first kappa shape index (κ1) is 19.6. The van der Waals surface area contributed by atoms with Crippen molar-refractivity contribution in [2.45, 2.75) is 0 Å². The molecule has 1 amide bonds. The molecule has 0 spiro atoms. The number of nitrogens with one attached hydrogen (secondary N) is 1. The number of nitro groups is 1. The van der Waals surface area contributed by atoms with Crippen LogP contribution in [0.25, 0.3) is 11.1 Å². The highest BCUT2D eigenvalue weighted by Gasteiger charge is 2.12. The number of carbonyl (C=O) groups excluding carboxylic acids is 1. The number of hydrogen-bond donors (Lipinski definition) is 2. The molecule has 0 saturated heterocycles. The van der Waals surface area contributed by atoms with Crippen LogP contribution in [-0.2, 0) is 4.79 Å². The van der Waals surface area contributed by atoms with Crippen molar-refractivity contribution in [1.29, 1.82) is 0 Å². The van der Waals surface area contributed by atoms with Gasteiger partial charge in [0.25, 0.3) is 5.91 Å². The predicted molar refractivity (Wildman–Crippen MR) is 108 cm³/mol. The number of ether oxygens (including phenoxy) is 1. The van der Waals surface area contributed by atoms with Crippen LogP contribution < -0.4 is 10.2 Å². The first-order valence-corrected chi connectivity index (χ1v) is 8.60. The number of hydrogen-bond acceptors (Lipinski definition) is 6. The normalized spacial score (nSPS) is 10.6. The standard InChI is InChI=1S/C21H17N3O5/c25-20-11-6-15(12-19(20)24(27)28)13-22-23-21(26)14-29-18-9-7-17(8-10-18)16-4-2-1-3-5-16/h1-13,25H,14H2,(H,23,26). The van der Waals surface area contributed by atoms with E-state index in [4.69, 9.17) is 4.74 Å². The minimum atomic E-state index is -0.706. The predicted octanol–water partition coefficient (Wildman–Crippen LogP) is 3.50. The number of carbonyl (C=O) groups is 1. The minimum Gasteiger partial charge on any atom is -0.502 e. The van der Waals surface area contributed by atoms with Gasteiger partial charge in [-0.1, -0.05) is 42.5 Å². The fraction of sp³-hybridized carbons (Fsp3) is 0.0476. The van der Waals surface area contributed by atoms with Gasteiger partial charge in [0.05, 0.1) is 11.1 Å². The Morgan fingerprint density at radius 3 is 2.45 bits per heavy atom. The summed E-state index contributed by atoms with van der Waals surface area (Å²) in [5.74, 6) is -0.387. The molecule has 0 aliphatic carbocycles. The van der Waals surface area contributed by atoms with Gasteiger partial charge in [0.2, 0.25) is 0 Å².